The fourth-order valence-corrected chi connectivity index (χ4v) is 4.71. The fraction of sp³-hybridized carbons (Fsp3) is 0.500. The zero-order chi connectivity index (χ0) is 17.5. The number of nitrogens with zero attached hydrogens (tertiary/aromatic N) is 5. The highest BCUT2D eigenvalue weighted by molar-refractivity contribution is 5.77. The number of fused-ring (bicyclic) bond motifs is 3. The first-order chi connectivity index (χ1) is 12.8. The summed E-state index contributed by atoms with van der Waals surface area (Å²) in [5.74, 6) is 3.19. The summed E-state index contributed by atoms with van der Waals surface area (Å²) in [4.78, 5) is 19.0. The number of likely N-dealkylation sites (tertiary alicyclic amines) is 1. The van der Waals surface area contributed by atoms with E-state index in [1.165, 1.54) is 0 Å². The summed E-state index contributed by atoms with van der Waals surface area (Å²) in [6, 6.07) is 4.25. The van der Waals surface area contributed by atoms with Crippen LogP contribution in [0.5, 0.6) is 0 Å². The summed E-state index contributed by atoms with van der Waals surface area (Å²) in [6.07, 6.45) is 12.9. The van der Waals surface area contributed by atoms with Gasteiger partial charge in [-0.25, -0.2) is 0 Å². The van der Waals surface area contributed by atoms with E-state index in [2.05, 4.69) is 36.8 Å². The molecule has 6 heteroatoms. The second kappa shape index (κ2) is 6.34. The first-order valence-electron chi connectivity index (χ1n) is 9.58. The molecule has 6 nitrogen and oxygen atoms in total. The molecular weight excluding hydrogens is 326 g/mol. The molecule has 0 saturated carbocycles. The van der Waals surface area contributed by atoms with Crippen molar-refractivity contribution in [2.45, 2.75) is 38.1 Å². The molecule has 5 rings (SSSR count). The van der Waals surface area contributed by atoms with Crippen LogP contribution in [-0.4, -0.2) is 43.6 Å². The van der Waals surface area contributed by atoms with Crippen molar-refractivity contribution in [1.29, 1.82) is 0 Å². The summed E-state index contributed by atoms with van der Waals surface area (Å²) in [5.41, 5.74) is 1.04. The van der Waals surface area contributed by atoms with Gasteiger partial charge in [0.1, 0.15) is 5.82 Å². The quantitative estimate of drug-likeness (QED) is 0.799. The molecule has 3 atom stereocenters. The average Bonchev–Trinajstić information content (AvgIpc) is 3.40. The maximum absolute atomic E-state index is 12.8. The number of hydrogen-bond donors (Lipinski definition) is 0. The van der Waals surface area contributed by atoms with Gasteiger partial charge in [-0.15, -0.1) is 10.2 Å². The van der Waals surface area contributed by atoms with Gasteiger partial charge in [0.15, 0.2) is 5.82 Å². The lowest BCUT2D eigenvalue weighted by Gasteiger charge is -2.27. The Hall–Kier alpha value is -2.50. The number of aromatic nitrogens is 4. The number of aryl methyl sites for hydroxylation is 1. The number of carbonyl (C=O) groups is 1. The van der Waals surface area contributed by atoms with Crippen LogP contribution >= 0.6 is 0 Å². The summed E-state index contributed by atoms with van der Waals surface area (Å²) in [5, 5.41) is 8.88. The second-order valence-electron chi connectivity index (χ2n) is 7.68. The molecule has 0 aromatic carbocycles. The van der Waals surface area contributed by atoms with E-state index in [0.29, 0.717) is 30.2 Å². The number of carbonyl (C=O) groups excluding carboxylic acids is 1. The minimum Gasteiger partial charge on any atom is -0.340 e. The smallest absolute Gasteiger partial charge is 0.223 e. The maximum Gasteiger partial charge on any atom is 0.223 e. The van der Waals surface area contributed by atoms with Gasteiger partial charge in [0, 0.05) is 43.9 Å². The Morgan fingerprint density at radius 2 is 2.04 bits per heavy atom. The van der Waals surface area contributed by atoms with Gasteiger partial charge in [-0.05, 0) is 43.2 Å². The van der Waals surface area contributed by atoms with Crippen LogP contribution in [0.25, 0.3) is 11.4 Å². The molecule has 0 N–H and O–H groups in total. The van der Waals surface area contributed by atoms with Crippen LogP contribution in [-0.2, 0) is 11.2 Å². The predicted octanol–water partition coefficient (Wildman–Crippen LogP) is 2.64. The number of rotatable bonds is 3. The molecule has 3 aliphatic rings. The largest absolute Gasteiger partial charge is 0.340 e. The number of pyridine rings is 1. The van der Waals surface area contributed by atoms with Crippen molar-refractivity contribution in [3.63, 3.8) is 0 Å². The molecule has 0 radical (unpaired) electrons. The SMILES string of the molecule is O=C(C[C@@H]1C=CCC1)N1C[C@H]2CCc3nnc(-c4ccncc4)n3[C@H]2C1. The van der Waals surface area contributed by atoms with Gasteiger partial charge in [0.25, 0.3) is 0 Å². The van der Waals surface area contributed by atoms with Crippen LogP contribution < -0.4 is 0 Å². The van der Waals surface area contributed by atoms with Gasteiger partial charge in [-0.3, -0.25) is 9.78 Å². The molecule has 0 spiro atoms. The molecule has 1 amide bonds. The summed E-state index contributed by atoms with van der Waals surface area (Å²) < 4.78 is 2.28. The molecule has 2 aromatic rings. The van der Waals surface area contributed by atoms with Crippen LogP contribution in [0.4, 0.5) is 0 Å². The van der Waals surface area contributed by atoms with E-state index < -0.39 is 0 Å². The third-order valence-electron chi connectivity index (χ3n) is 6.08. The molecule has 4 heterocycles. The first kappa shape index (κ1) is 15.7. The van der Waals surface area contributed by atoms with Gasteiger partial charge in [0.05, 0.1) is 6.04 Å². The molecule has 26 heavy (non-hydrogen) atoms. The van der Waals surface area contributed by atoms with E-state index in [-0.39, 0.29) is 0 Å². The van der Waals surface area contributed by atoms with E-state index in [4.69, 9.17) is 0 Å². The van der Waals surface area contributed by atoms with E-state index in [0.717, 1.165) is 56.0 Å². The fourth-order valence-electron chi connectivity index (χ4n) is 4.71. The van der Waals surface area contributed by atoms with Crippen molar-refractivity contribution in [3.8, 4) is 11.4 Å². The maximum atomic E-state index is 12.8. The van der Waals surface area contributed by atoms with Gasteiger partial charge in [-0.2, -0.15) is 0 Å². The van der Waals surface area contributed by atoms with Crippen LogP contribution in [0.3, 0.4) is 0 Å². The van der Waals surface area contributed by atoms with Gasteiger partial charge in [-0.1, -0.05) is 12.2 Å². The van der Waals surface area contributed by atoms with E-state index >= 15 is 0 Å². The summed E-state index contributed by atoms with van der Waals surface area (Å²) in [7, 11) is 0. The Bertz CT molecular complexity index is 843. The van der Waals surface area contributed by atoms with Crippen molar-refractivity contribution < 1.29 is 4.79 Å². The van der Waals surface area contributed by atoms with Crippen LogP contribution in [0.2, 0.25) is 0 Å². The molecule has 2 aromatic heterocycles. The van der Waals surface area contributed by atoms with Crippen molar-refractivity contribution in [2.75, 3.05) is 13.1 Å². The molecule has 0 bridgehead atoms. The van der Waals surface area contributed by atoms with Gasteiger partial charge in [0.2, 0.25) is 5.91 Å². The Labute approximate surface area is 152 Å². The van der Waals surface area contributed by atoms with Crippen LogP contribution in [0.1, 0.15) is 37.5 Å². The third-order valence-corrected chi connectivity index (χ3v) is 6.08. The standard InChI is InChI=1S/C20H23N5O/c26-19(11-14-3-1-2-4-14)24-12-16-5-6-18-22-23-20(25(18)17(16)13-24)15-7-9-21-10-8-15/h1,3,7-10,14,16-17H,2,4-6,11-13H2/t14-,16-,17+/m1/s1. The molecule has 1 aliphatic carbocycles. The molecular formula is C20H23N5O. The Morgan fingerprint density at radius 1 is 1.15 bits per heavy atom. The topological polar surface area (TPSA) is 63.9 Å². The van der Waals surface area contributed by atoms with Crippen molar-refractivity contribution in [1.82, 2.24) is 24.6 Å². The summed E-state index contributed by atoms with van der Waals surface area (Å²) in [6.45, 7) is 1.65. The molecule has 1 fully saturated rings. The highest BCUT2D eigenvalue weighted by Crippen LogP contribution is 2.39. The van der Waals surface area contributed by atoms with E-state index in [1.807, 2.05) is 12.1 Å². The predicted molar refractivity (Wildman–Crippen MR) is 97.2 cm³/mol. The van der Waals surface area contributed by atoms with Crippen LogP contribution in [0, 0.1) is 11.8 Å². The minimum atomic E-state index is 0.292. The lowest BCUT2D eigenvalue weighted by molar-refractivity contribution is -0.131. The number of hydrogen-bond acceptors (Lipinski definition) is 4. The van der Waals surface area contributed by atoms with Crippen molar-refractivity contribution in [2.24, 2.45) is 11.8 Å². The third kappa shape index (κ3) is 2.64. The Morgan fingerprint density at radius 3 is 2.85 bits per heavy atom. The number of amides is 1. The second-order valence-corrected chi connectivity index (χ2v) is 7.68. The Kier molecular flexibility index (Phi) is 3.84. The monoisotopic (exact) mass is 349 g/mol. The normalized spacial score (nSPS) is 26.8. The number of allylic oxidation sites excluding steroid dienone is 2. The lowest BCUT2D eigenvalue weighted by Crippen LogP contribution is -2.30. The Balaban J connectivity index is 1.39. The van der Waals surface area contributed by atoms with E-state index in [9.17, 15) is 4.79 Å². The lowest BCUT2D eigenvalue weighted by atomic mass is 9.93. The van der Waals surface area contributed by atoms with Gasteiger partial charge < -0.3 is 9.47 Å². The van der Waals surface area contributed by atoms with Crippen LogP contribution in [0.15, 0.2) is 36.7 Å². The first-order valence-corrected chi connectivity index (χ1v) is 9.58. The average molecular weight is 349 g/mol. The minimum absolute atomic E-state index is 0.292. The van der Waals surface area contributed by atoms with Gasteiger partial charge >= 0.3 is 0 Å². The van der Waals surface area contributed by atoms with Crippen molar-refractivity contribution >= 4 is 5.91 Å². The highest BCUT2D eigenvalue weighted by Gasteiger charge is 2.41. The zero-order valence-corrected chi connectivity index (χ0v) is 14.8. The molecule has 1 saturated heterocycles. The van der Waals surface area contributed by atoms with Crippen molar-refractivity contribution in [3.05, 3.63) is 42.5 Å². The molecule has 134 valence electrons. The molecule has 0 unspecified atom stereocenters. The zero-order valence-electron chi connectivity index (χ0n) is 14.8. The summed E-state index contributed by atoms with van der Waals surface area (Å²) >= 11 is 0. The molecule has 2 aliphatic heterocycles. The highest BCUT2D eigenvalue weighted by atomic mass is 16.2. The van der Waals surface area contributed by atoms with E-state index in [1.54, 1.807) is 12.4 Å².